The van der Waals surface area contributed by atoms with E-state index < -0.39 is 16.4 Å². The van der Waals surface area contributed by atoms with E-state index in [-0.39, 0.29) is 33.0 Å². The number of nitrogens with two attached hydrogens (primary N) is 1. The molecular formula is C14H12N4O4S. The van der Waals surface area contributed by atoms with Crippen LogP contribution in [0.2, 0.25) is 0 Å². The van der Waals surface area contributed by atoms with Crippen LogP contribution in [0.5, 0.6) is 0 Å². The summed E-state index contributed by atoms with van der Waals surface area (Å²) in [7, 11) is -3.71. The van der Waals surface area contributed by atoms with Gasteiger partial charge in [0.2, 0.25) is 15.7 Å². The van der Waals surface area contributed by atoms with Crippen molar-refractivity contribution in [2.45, 2.75) is 16.4 Å². The number of aromatic nitrogens is 3. The molecule has 0 aliphatic carbocycles. The summed E-state index contributed by atoms with van der Waals surface area (Å²) in [6, 6.07) is 9.26. The van der Waals surface area contributed by atoms with E-state index in [4.69, 9.17) is 15.3 Å². The number of sulfone groups is 1. The number of anilines is 1. The highest BCUT2D eigenvalue weighted by molar-refractivity contribution is 7.91. The maximum absolute atomic E-state index is 12.5. The molecule has 3 N–H and O–H groups in total. The maximum atomic E-state index is 12.5. The second kappa shape index (κ2) is 5.78. The lowest BCUT2D eigenvalue weighted by molar-refractivity contribution is 0.241. The molecule has 9 heteroatoms. The first-order valence-electron chi connectivity index (χ1n) is 6.51. The van der Waals surface area contributed by atoms with E-state index in [2.05, 4.69) is 15.2 Å². The summed E-state index contributed by atoms with van der Waals surface area (Å²) in [5.41, 5.74) is 6.10. The number of nitrogens with zero attached hydrogens (tertiary/aromatic N) is 3. The van der Waals surface area contributed by atoms with Gasteiger partial charge in [0.05, 0.1) is 15.5 Å². The van der Waals surface area contributed by atoms with Crippen molar-refractivity contribution in [1.82, 2.24) is 15.2 Å². The molecular weight excluding hydrogens is 320 g/mol. The first-order valence-corrected chi connectivity index (χ1v) is 8.00. The Morgan fingerprint density at radius 2 is 1.87 bits per heavy atom. The Morgan fingerprint density at radius 3 is 2.48 bits per heavy atom. The number of aliphatic hydroxyl groups excluding tert-OH is 1. The Morgan fingerprint density at radius 1 is 1.13 bits per heavy atom. The summed E-state index contributed by atoms with van der Waals surface area (Å²) in [6.45, 7) is -0.409. The Hall–Kier alpha value is -2.78. The number of rotatable bonds is 4. The predicted molar refractivity (Wildman–Crippen MR) is 79.8 cm³/mol. The molecule has 3 rings (SSSR count). The molecule has 0 saturated heterocycles. The van der Waals surface area contributed by atoms with Crippen LogP contribution >= 0.6 is 0 Å². The lowest BCUT2D eigenvalue weighted by Crippen LogP contribution is -2.04. The van der Waals surface area contributed by atoms with Gasteiger partial charge in [-0.2, -0.15) is 0 Å². The van der Waals surface area contributed by atoms with Gasteiger partial charge in [0.15, 0.2) is 5.69 Å². The smallest absolute Gasteiger partial charge is 0.268 e. The van der Waals surface area contributed by atoms with Gasteiger partial charge in [0.25, 0.3) is 5.89 Å². The molecule has 2 heterocycles. The normalized spacial score (nSPS) is 11.5. The highest BCUT2D eigenvalue weighted by Crippen LogP contribution is 2.27. The quantitative estimate of drug-likeness (QED) is 0.724. The number of aliphatic hydroxyl groups is 1. The van der Waals surface area contributed by atoms with E-state index in [0.29, 0.717) is 0 Å². The van der Waals surface area contributed by atoms with Crippen molar-refractivity contribution >= 4 is 15.5 Å². The van der Waals surface area contributed by atoms with Crippen LogP contribution < -0.4 is 5.73 Å². The monoisotopic (exact) mass is 332 g/mol. The molecule has 23 heavy (non-hydrogen) atoms. The van der Waals surface area contributed by atoms with E-state index in [9.17, 15) is 8.42 Å². The molecule has 0 atom stereocenters. The minimum absolute atomic E-state index is 0.00945. The average molecular weight is 332 g/mol. The van der Waals surface area contributed by atoms with Gasteiger partial charge in [0, 0.05) is 6.20 Å². The zero-order valence-electron chi connectivity index (χ0n) is 11.7. The molecule has 0 fully saturated rings. The number of hydrogen-bond donors (Lipinski definition) is 2. The van der Waals surface area contributed by atoms with Gasteiger partial charge in [-0.1, -0.05) is 18.2 Å². The summed E-state index contributed by atoms with van der Waals surface area (Å²) >= 11 is 0. The maximum Gasteiger partial charge on any atom is 0.268 e. The molecule has 0 amide bonds. The van der Waals surface area contributed by atoms with Crippen LogP contribution in [0.25, 0.3) is 11.6 Å². The van der Waals surface area contributed by atoms with Crippen LogP contribution in [-0.4, -0.2) is 28.7 Å². The van der Waals surface area contributed by atoms with Crippen LogP contribution in [0.4, 0.5) is 5.69 Å². The first kappa shape index (κ1) is 15.1. The van der Waals surface area contributed by atoms with E-state index in [1.165, 1.54) is 24.4 Å². The van der Waals surface area contributed by atoms with Crippen LogP contribution in [0.3, 0.4) is 0 Å². The van der Waals surface area contributed by atoms with Gasteiger partial charge in [0.1, 0.15) is 6.61 Å². The third-order valence-corrected chi connectivity index (χ3v) is 4.80. The summed E-state index contributed by atoms with van der Waals surface area (Å²) in [4.78, 5) is 4.12. The second-order valence-corrected chi connectivity index (χ2v) is 6.53. The van der Waals surface area contributed by atoms with Crippen molar-refractivity contribution in [2.24, 2.45) is 0 Å². The molecule has 0 radical (unpaired) electrons. The van der Waals surface area contributed by atoms with E-state index in [1.807, 2.05) is 0 Å². The van der Waals surface area contributed by atoms with Crippen LogP contribution in [-0.2, 0) is 16.4 Å². The van der Waals surface area contributed by atoms with E-state index >= 15 is 0 Å². The minimum Gasteiger partial charge on any atom is -0.417 e. The highest BCUT2D eigenvalue weighted by Gasteiger charge is 2.21. The molecule has 0 saturated carbocycles. The molecule has 0 unspecified atom stereocenters. The van der Waals surface area contributed by atoms with Crippen LogP contribution in [0.1, 0.15) is 5.89 Å². The van der Waals surface area contributed by atoms with Gasteiger partial charge in [-0.05, 0) is 18.2 Å². The van der Waals surface area contributed by atoms with E-state index in [0.717, 1.165) is 0 Å². The topological polar surface area (TPSA) is 132 Å². The number of hydrogen-bond acceptors (Lipinski definition) is 8. The van der Waals surface area contributed by atoms with Crippen molar-refractivity contribution in [1.29, 1.82) is 0 Å². The second-order valence-electron chi connectivity index (χ2n) is 4.58. The fourth-order valence-corrected chi connectivity index (χ4v) is 3.20. The standard InChI is InChI=1S/C14H12N4O4S/c15-11-6-10(23(20,21)9-4-2-1-3-5-9)7-16-13(11)14-18-17-12(8-19)22-14/h1-7,19H,8,15H2. The molecule has 3 aromatic rings. The zero-order valence-corrected chi connectivity index (χ0v) is 12.6. The van der Waals surface area contributed by atoms with Gasteiger partial charge >= 0.3 is 0 Å². The van der Waals surface area contributed by atoms with Gasteiger partial charge in [-0.25, -0.2) is 13.4 Å². The minimum atomic E-state index is -3.71. The summed E-state index contributed by atoms with van der Waals surface area (Å²) in [6.07, 6.45) is 1.18. The molecule has 0 bridgehead atoms. The Balaban J connectivity index is 2.03. The molecule has 2 aromatic heterocycles. The van der Waals surface area contributed by atoms with Gasteiger partial charge in [-0.3, -0.25) is 0 Å². The number of nitrogen functional groups attached to an aromatic ring is 1. The third-order valence-electron chi connectivity index (χ3n) is 3.06. The summed E-state index contributed by atoms with van der Waals surface area (Å²) in [5, 5.41) is 16.2. The molecule has 118 valence electrons. The number of pyridine rings is 1. The molecule has 0 aliphatic rings. The van der Waals surface area contributed by atoms with Crippen molar-refractivity contribution in [3.63, 3.8) is 0 Å². The fourth-order valence-electron chi connectivity index (χ4n) is 1.94. The number of benzene rings is 1. The third kappa shape index (κ3) is 2.79. The molecule has 1 aromatic carbocycles. The predicted octanol–water partition coefficient (Wildman–Crippen LogP) is 1.04. The van der Waals surface area contributed by atoms with Gasteiger partial charge < -0.3 is 15.3 Å². The fraction of sp³-hybridized carbons (Fsp3) is 0.0714. The SMILES string of the molecule is Nc1cc(S(=O)(=O)c2ccccc2)cnc1-c1nnc(CO)o1. The summed E-state index contributed by atoms with van der Waals surface area (Å²) < 4.78 is 30.2. The van der Waals surface area contributed by atoms with Crippen LogP contribution in [0.15, 0.2) is 56.8 Å². The van der Waals surface area contributed by atoms with Crippen molar-refractivity contribution in [3.8, 4) is 11.6 Å². The van der Waals surface area contributed by atoms with Crippen molar-refractivity contribution in [3.05, 3.63) is 48.5 Å². The lowest BCUT2D eigenvalue weighted by Gasteiger charge is -2.06. The Bertz CT molecular complexity index is 938. The lowest BCUT2D eigenvalue weighted by atomic mass is 10.3. The van der Waals surface area contributed by atoms with Gasteiger partial charge in [-0.15, -0.1) is 10.2 Å². The average Bonchev–Trinajstić information content (AvgIpc) is 3.04. The molecule has 0 spiro atoms. The van der Waals surface area contributed by atoms with Crippen LogP contribution in [0, 0.1) is 0 Å². The first-order chi connectivity index (χ1) is 11.0. The highest BCUT2D eigenvalue weighted by atomic mass is 32.2. The van der Waals surface area contributed by atoms with Crippen molar-refractivity contribution in [2.75, 3.05) is 5.73 Å². The largest absolute Gasteiger partial charge is 0.417 e. The zero-order chi connectivity index (χ0) is 16.4. The molecule has 0 aliphatic heterocycles. The Kier molecular flexibility index (Phi) is 3.80. The van der Waals surface area contributed by atoms with E-state index in [1.54, 1.807) is 18.2 Å². The molecule has 8 nitrogen and oxygen atoms in total. The Labute approximate surface area is 131 Å². The van der Waals surface area contributed by atoms with Crippen molar-refractivity contribution < 1.29 is 17.9 Å². The summed E-state index contributed by atoms with van der Waals surface area (Å²) in [5.74, 6) is 0.0254.